The fourth-order valence-electron chi connectivity index (χ4n) is 1.75. The SMILES string of the molecule is Cc1cccc(C(=O)Nc2ccc(N(C)C)nc2)c1F. The zero-order chi connectivity index (χ0) is 14.7. The number of aryl methyl sites for hydroxylation is 1. The number of pyridine rings is 1. The zero-order valence-electron chi connectivity index (χ0n) is 11.6. The van der Waals surface area contributed by atoms with Crippen LogP contribution in [0.2, 0.25) is 0 Å². The lowest BCUT2D eigenvalue weighted by atomic mass is 10.1. The molecule has 104 valence electrons. The van der Waals surface area contributed by atoms with E-state index in [2.05, 4.69) is 10.3 Å². The third kappa shape index (κ3) is 2.93. The number of halogens is 1. The molecule has 1 aromatic heterocycles. The quantitative estimate of drug-likeness (QED) is 0.935. The molecular weight excluding hydrogens is 257 g/mol. The number of carbonyl (C=O) groups excluding carboxylic acids is 1. The van der Waals surface area contributed by atoms with Crippen molar-refractivity contribution in [2.75, 3.05) is 24.3 Å². The summed E-state index contributed by atoms with van der Waals surface area (Å²) in [5, 5.41) is 2.63. The van der Waals surface area contributed by atoms with Crippen molar-refractivity contribution in [2.24, 2.45) is 0 Å². The molecule has 1 aromatic carbocycles. The van der Waals surface area contributed by atoms with E-state index in [9.17, 15) is 9.18 Å². The second-order valence-electron chi connectivity index (χ2n) is 4.69. The van der Waals surface area contributed by atoms with Gasteiger partial charge in [-0.1, -0.05) is 12.1 Å². The van der Waals surface area contributed by atoms with Gasteiger partial charge in [-0.15, -0.1) is 0 Å². The summed E-state index contributed by atoms with van der Waals surface area (Å²) in [6, 6.07) is 8.25. The molecule has 5 heteroatoms. The summed E-state index contributed by atoms with van der Waals surface area (Å²) in [4.78, 5) is 18.1. The summed E-state index contributed by atoms with van der Waals surface area (Å²) < 4.78 is 13.8. The predicted molar refractivity (Wildman–Crippen MR) is 77.7 cm³/mol. The van der Waals surface area contributed by atoms with E-state index in [4.69, 9.17) is 0 Å². The first kappa shape index (κ1) is 14.0. The highest BCUT2D eigenvalue weighted by Gasteiger charge is 2.13. The largest absolute Gasteiger partial charge is 0.363 e. The van der Waals surface area contributed by atoms with Crippen LogP contribution in [0.5, 0.6) is 0 Å². The van der Waals surface area contributed by atoms with Crippen LogP contribution >= 0.6 is 0 Å². The number of hydrogen-bond donors (Lipinski definition) is 1. The lowest BCUT2D eigenvalue weighted by molar-refractivity contribution is 0.102. The summed E-state index contributed by atoms with van der Waals surface area (Å²) in [7, 11) is 3.76. The van der Waals surface area contributed by atoms with Crippen molar-refractivity contribution in [1.29, 1.82) is 0 Å². The van der Waals surface area contributed by atoms with Crippen LogP contribution < -0.4 is 10.2 Å². The van der Waals surface area contributed by atoms with Crippen LogP contribution in [0.4, 0.5) is 15.9 Å². The van der Waals surface area contributed by atoms with Crippen LogP contribution in [0.1, 0.15) is 15.9 Å². The second-order valence-corrected chi connectivity index (χ2v) is 4.69. The van der Waals surface area contributed by atoms with Gasteiger partial charge in [0, 0.05) is 14.1 Å². The third-order valence-electron chi connectivity index (χ3n) is 2.90. The number of benzene rings is 1. The number of nitrogens with one attached hydrogen (secondary N) is 1. The monoisotopic (exact) mass is 273 g/mol. The minimum Gasteiger partial charge on any atom is -0.363 e. The first-order valence-corrected chi connectivity index (χ1v) is 6.19. The molecule has 4 nitrogen and oxygen atoms in total. The molecule has 2 rings (SSSR count). The molecule has 0 saturated carbocycles. The molecule has 1 N–H and O–H groups in total. The van der Waals surface area contributed by atoms with E-state index in [1.54, 1.807) is 37.4 Å². The van der Waals surface area contributed by atoms with Gasteiger partial charge in [-0.3, -0.25) is 4.79 Å². The Balaban J connectivity index is 2.17. The maximum absolute atomic E-state index is 13.8. The molecule has 0 unspecified atom stereocenters. The molecule has 0 fully saturated rings. The molecule has 0 aliphatic carbocycles. The zero-order valence-corrected chi connectivity index (χ0v) is 11.6. The molecule has 0 aliphatic rings. The molecule has 0 saturated heterocycles. The van der Waals surface area contributed by atoms with Crippen molar-refractivity contribution in [3.05, 3.63) is 53.5 Å². The summed E-state index contributed by atoms with van der Waals surface area (Å²) >= 11 is 0. The van der Waals surface area contributed by atoms with Crippen LogP contribution in [0.15, 0.2) is 36.5 Å². The van der Waals surface area contributed by atoms with Gasteiger partial charge < -0.3 is 10.2 Å². The van der Waals surface area contributed by atoms with Gasteiger partial charge in [0.15, 0.2) is 0 Å². The van der Waals surface area contributed by atoms with Crippen LogP contribution in [0.25, 0.3) is 0 Å². The topological polar surface area (TPSA) is 45.2 Å². The van der Waals surface area contributed by atoms with Crippen molar-refractivity contribution in [3.8, 4) is 0 Å². The molecule has 1 heterocycles. The Kier molecular flexibility index (Phi) is 3.98. The van der Waals surface area contributed by atoms with E-state index < -0.39 is 11.7 Å². The highest BCUT2D eigenvalue weighted by Crippen LogP contribution is 2.16. The normalized spacial score (nSPS) is 10.2. The Morgan fingerprint density at radius 1 is 1.25 bits per heavy atom. The average molecular weight is 273 g/mol. The molecule has 0 bridgehead atoms. The van der Waals surface area contributed by atoms with Gasteiger partial charge in [-0.05, 0) is 30.7 Å². The summed E-state index contributed by atoms with van der Waals surface area (Å²) in [5.41, 5.74) is 1.00. The second kappa shape index (κ2) is 5.69. The van der Waals surface area contributed by atoms with Crippen molar-refractivity contribution < 1.29 is 9.18 Å². The summed E-state index contributed by atoms with van der Waals surface area (Å²) in [6.07, 6.45) is 1.54. The molecular formula is C15H16FN3O. The molecule has 20 heavy (non-hydrogen) atoms. The van der Waals surface area contributed by atoms with Crippen molar-refractivity contribution in [2.45, 2.75) is 6.92 Å². The molecule has 2 aromatic rings. The van der Waals surface area contributed by atoms with Crippen molar-refractivity contribution in [3.63, 3.8) is 0 Å². The number of carbonyl (C=O) groups is 1. The van der Waals surface area contributed by atoms with Crippen molar-refractivity contribution in [1.82, 2.24) is 4.98 Å². The Bertz CT molecular complexity index is 624. The number of nitrogens with zero attached hydrogens (tertiary/aromatic N) is 2. The van der Waals surface area contributed by atoms with Crippen LogP contribution in [0.3, 0.4) is 0 Å². The molecule has 0 aliphatic heterocycles. The smallest absolute Gasteiger partial charge is 0.258 e. The average Bonchev–Trinajstić information content (AvgIpc) is 2.42. The van der Waals surface area contributed by atoms with E-state index >= 15 is 0 Å². The Morgan fingerprint density at radius 3 is 2.60 bits per heavy atom. The lowest BCUT2D eigenvalue weighted by Gasteiger charge is -2.12. The van der Waals surface area contributed by atoms with Gasteiger partial charge in [0.2, 0.25) is 0 Å². The van der Waals surface area contributed by atoms with E-state index in [0.29, 0.717) is 11.3 Å². The maximum Gasteiger partial charge on any atom is 0.258 e. The molecule has 0 radical (unpaired) electrons. The lowest BCUT2D eigenvalue weighted by Crippen LogP contribution is -2.15. The van der Waals surface area contributed by atoms with Crippen LogP contribution in [0, 0.1) is 12.7 Å². The van der Waals surface area contributed by atoms with Gasteiger partial charge in [-0.25, -0.2) is 9.37 Å². The number of anilines is 2. The van der Waals surface area contributed by atoms with Gasteiger partial charge in [0.05, 0.1) is 17.4 Å². The van der Waals surface area contributed by atoms with Gasteiger partial charge in [-0.2, -0.15) is 0 Å². The summed E-state index contributed by atoms with van der Waals surface area (Å²) in [5.74, 6) is -0.196. The minimum atomic E-state index is -0.497. The van der Waals surface area contributed by atoms with Gasteiger partial charge >= 0.3 is 0 Å². The minimum absolute atomic E-state index is 0.0293. The highest BCUT2D eigenvalue weighted by atomic mass is 19.1. The highest BCUT2D eigenvalue weighted by molar-refractivity contribution is 6.04. The van der Waals surface area contributed by atoms with Crippen molar-refractivity contribution >= 4 is 17.4 Å². The first-order chi connectivity index (χ1) is 9.49. The van der Waals surface area contributed by atoms with Crippen LogP contribution in [-0.2, 0) is 0 Å². The summed E-state index contributed by atoms with van der Waals surface area (Å²) in [6.45, 7) is 1.62. The Morgan fingerprint density at radius 2 is 2.00 bits per heavy atom. The van der Waals surface area contributed by atoms with E-state index in [-0.39, 0.29) is 5.56 Å². The third-order valence-corrected chi connectivity index (χ3v) is 2.90. The molecule has 0 atom stereocenters. The number of aromatic nitrogens is 1. The number of amides is 1. The van der Waals surface area contributed by atoms with E-state index in [1.165, 1.54) is 6.07 Å². The Labute approximate surface area is 117 Å². The van der Waals surface area contributed by atoms with Crippen LogP contribution in [-0.4, -0.2) is 25.0 Å². The van der Waals surface area contributed by atoms with E-state index in [0.717, 1.165) is 5.82 Å². The van der Waals surface area contributed by atoms with E-state index in [1.807, 2.05) is 19.0 Å². The number of hydrogen-bond acceptors (Lipinski definition) is 3. The fraction of sp³-hybridized carbons (Fsp3) is 0.200. The molecule has 0 spiro atoms. The van der Waals surface area contributed by atoms with Gasteiger partial charge in [0.1, 0.15) is 11.6 Å². The maximum atomic E-state index is 13.8. The van der Waals surface area contributed by atoms with Gasteiger partial charge in [0.25, 0.3) is 5.91 Å². The standard InChI is InChI=1S/C15H16FN3O/c1-10-5-4-6-12(14(10)16)15(20)18-11-7-8-13(17-9-11)19(2)3/h4-9H,1-3H3,(H,18,20). The predicted octanol–water partition coefficient (Wildman–Crippen LogP) is 2.85. The number of rotatable bonds is 3. The fourth-order valence-corrected chi connectivity index (χ4v) is 1.75. The Hall–Kier alpha value is -2.43. The first-order valence-electron chi connectivity index (χ1n) is 6.19. The molecule has 1 amide bonds.